The van der Waals surface area contributed by atoms with Crippen molar-refractivity contribution in [3.63, 3.8) is 0 Å². The van der Waals surface area contributed by atoms with Crippen LogP contribution in [0.2, 0.25) is 0 Å². The zero-order valence-corrected chi connectivity index (χ0v) is 20.0. The van der Waals surface area contributed by atoms with E-state index in [9.17, 15) is 19.2 Å². The van der Waals surface area contributed by atoms with Gasteiger partial charge in [-0.3, -0.25) is 23.7 Å². The summed E-state index contributed by atoms with van der Waals surface area (Å²) < 4.78 is 23.4. The summed E-state index contributed by atoms with van der Waals surface area (Å²) in [6.07, 6.45) is -1.61. The minimum Gasteiger partial charge on any atom is -0.463 e. The molecule has 3 aromatic rings. The van der Waals surface area contributed by atoms with Crippen molar-refractivity contribution in [2.45, 2.75) is 52.2 Å². The summed E-state index contributed by atoms with van der Waals surface area (Å²) in [6.45, 7) is 5.29. The van der Waals surface area contributed by atoms with Crippen LogP contribution in [0.4, 0.5) is 0 Å². The second-order valence-electron chi connectivity index (χ2n) is 8.26. The number of esters is 3. The molecule has 1 aliphatic heterocycles. The lowest BCUT2D eigenvalue weighted by Gasteiger charge is -2.23. The van der Waals surface area contributed by atoms with Crippen molar-refractivity contribution in [2.24, 2.45) is 0 Å². The van der Waals surface area contributed by atoms with Crippen molar-refractivity contribution in [3.8, 4) is 0 Å². The number of imidazole rings is 1. The molecule has 0 radical (unpaired) electrons. The third kappa shape index (κ3) is 5.08. The number of aromatic nitrogens is 4. The number of nitrogens with zero attached hydrogens (tertiary/aromatic N) is 4. The molecule has 0 spiro atoms. The van der Waals surface area contributed by atoms with Gasteiger partial charge in [0, 0.05) is 26.3 Å². The van der Waals surface area contributed by atoms with Gasteiger partial charge in [-0.05, 0) is 6.92 Å². The quantitative estimate of drug-likeness (QED) is 0.267. The van der Waals surface area contributed by atoms with Gasteiger partial charge in [-0.2, -0.15) is 0 Å². The van der Waals surface area contributed by atoms with E-state index in [0.29, 0.717) is 5.56 Å². The van der Waals surface area contributed by atoms with Crippen LogP contribution in [0.15, 0.2) is 36.9 Å². The predicted octanol–water partition coefficient (Wildman–Crippen LogP) is 1.69. The monoisotopic (exact) mass is 496 g/mol. The Kier molecular flexibility index (Phi) is 7.06. The van der Waals surface area contributed by atoms with E-state index in [-0.39, 0.29) is 29.2 Å². The van der Waals surface area contributed by atoms with E-state index in [4.69, 9.17) is 18.9 Å². The summed E-state index contributed by atoms with van der Waals surface area (Å²) in [6, 6.07) is 7.03. The molecule has 12 nitrogen and oxygen atoms in total. The van der Waals surface area contributed by atoms with Crippen LogP contribution < -0.4 is 0 Å². The fraction of sp³-hybridized carbons (Fsp3) is 0.375. The van der Waals surface area contributed by atoms with E-state index in [2.05, 4.69) is 15.0 Å². The molecule has 3 heterocycles. The van der Waals surface area contributed by atoms with Crippen molar-refractivity contribution in [1.82, 2.24) is 19.5 Å². The maximum absolute atomic E-state index is 13.1. The van der Waals surface area contributed by atoms with Crippen molar-refractivity contribution < 1.29 is 38.1 Å². The highest BCUT2D eigenvalue weighted by molar-refractivity contribution is 6.13. The van der Waals surface area contributed by atoms with Crippen molar-refractivity contribution in [1.29, 1.82) is 0 Å². The number of rotatable bonds is 7. The molecule has 188 valence electrons. The Labute approximate surface area is 205 Å². The normalized spacial score (nSPS) is 21.2. The van der Waals surface area contributed by atoms with E-state index >= 15 is 0 Å². The molecule has 2 aromatic heterocycles. The van der Waals surface area contributed by atoms with Gasteiger partial charge in [0.25, 0.3) is 0 Å². The predicted molar refractivity (Wildman–Crippen MR) is 122 cm³/mol. The fourth-order valence-electron chi connectivity index (χ4n) is 3.96. The van der Waals surface area contributed by atoms with Gasteiger partial charge < -0.3 is 18.9 Å². The van der Waals surface area contributed by atoms with Gasteiger partial charge in [-0.1, -0.05) is 29.8 Å². The smallest absolute Gasteiger partial charge is 0.303 e. The number of ether oxygens (including phenoxy) is 4. The van der Waals surface area contributed by atoms with Gasteiger partial charge in [-0.25, -0.2) is 15.0 Å². The Morgan fingerprint density at radius 3 is 2.22 bits per heavy atom. The molecule has 36 heavy (non-hydrogen) atoms. The Hall–Kier alpha value is -4.19. The van der Waals surface area contributed by atoms with E-state index in [1.165, 1.54) is 38.0 Å². The highest BCUT2D eigenvalue weighted by atomic mass is 16.7. The largest absolute Gasteiger partial charge is 0.463 e. The van der Waals surface area contributed by atoms with Gasteiger partial charge >= 0.3 is 17.9 Å². The number of ketones is 1. The second kappa shape index (κ2) is 10.2. The Morgan fingerprint density at radius 2 is 1.58 bits per heavy atom. The molecule has 0 unspecified atom stereocenters. The first-order valence-electron chi connectivity index (χ1n) is 11.1. The highest BCUT2D eigenvalue weighted by Gasteiger charge is 2.51. The molecule has 1 saturated heterocycles. The van der Waals surface area contributed by atoms with Gasteiger partial charge in [0.15, 0.2) is 24.1 Å². The number of carbonyl (C=O) groups excluding carboxylic acids is 4. The van der Waals surface area contributed by atoms with E-state index in [0.717, 1.165) is 5.56 Å². The molecule has 1 aromatic carbocycles. The lowest BCUT2D eigenvalue weighted by Crippen LogP contribution is -2.40. The topological polar surface area (TPSA) is 149 Å². The zero-order valence-electron chi connectivity index (χ0n) is 20.0. The number of fused-ring (bicyclic) bond motifs is 1. The molecule has 4 atom stereocenters. The van der Waals surface area contributed by atoms with E-state index in [1.807, 2.05) is 19.1 Å². The summed E-state index contributed by atoms with van der Waals surface area (Å²) in [4.78, 5) is 60.9. The van der Waals surface area contributed by atoms with E-state index < -0.39 is 42.4 Å². The Morgan fingerprint density at radius 1 is 0.917 bits per heavy atom. The molecule has 4 rings (SSSR count). The minimum absolute atomic E-state index is 0.0811. The first-order chi connectivity index (χ1) is 17.2. The lowest BCUT2D eigenvalue weighted by atomic mass is 10.1. The molecular weight excluding hydrogens is 472 g/mol. The van der Waals surface area contributed by atoms with Crippen LogP contribution in [0.1, 0.15) is 48.6 Å². The molecular formula is C24H24N4O8. The summed E-state index contributed by atoms with van der Waals surface area (Å²) in [5.41, 5.74) is 1.96. The van der Waals surface area contributed by atoms with Crippen LogP contribution in [0.5, 0.6) is 0 Å². The second-order valence-corrected chi connectivity index (χ2v) is 8.26. The SMILES string of the molecule is CC(=O)OC[C@H]1O[C@@H](n2cnc3c(C(=O)c4ccc(C)cc4)ncnc32)[C@H](OC(C)=O)[C@@H]1OC(C)=O. The first-order valence-corrected chi connectivity index (χ1v) is 11.1. The summed E-state index contributed by atoms with van der Waals surface area (Å²) in [5.74, 6) is -2.19. The number of hydrogen-bond acceptors (Lipinski definition) is 11. The third-order valence-corrected chi connectivity index (χ3v) is 5.50. The molecule has 12 heteroatoms. The van der Waals surface area contributed by atoms with Crippen LogP contribution in [0.3, 0.4) is 0 Å². The summed E-state index contributed by atoms with van der Waals surface area (Å²) in [5, 5.41) is 0. The molecule has 0 bridgehead atoms. The Balaban J connectivity index is 1.74. The number of aryl methyl sites for hydroxylation is 1. The van der Waals surface area contributed by atoms with Crippen LogP contribution >= 0.6 is 0 Å². The number of hydrogen-bond donors (Lipinski definition) is 0. The lowest BCUT2D eigenvalue weighted by molar-refractivity contribution is -0.166. The van der Waals surface area contributed by atoms with Gasteiger partial charge in [0.05, 0.1) is 6.33 Å². The van der Waals surface area contributed by atoms with Gasteiger partial charge in [0.1, 0.15) is 30.2 Å². The first kappa shape index (κ1) is 24.9. The number of benzene rings is 1. The van der Waals surface area contributed by atoms with Crippen LogP contribution in [-0.2, 0) is 33.3 Å². The summed E-state index contributed by atoms with van der Waals surface area (Å²) >= 11 is 0. The molecule has 0 aliphatic carbocycles. The molecule has 0 amide bonds. The third-order valence-electron chi connectivity index (χ3n) is 5.50. The van der Waals surface area contributed by atoms with Crippen LogP contribution in [-0.4, -0.2) is 68.1 Å². The van der Waals surface area contributed by atoms with E-state index in [1.54, 1.807) is 12.1 Å². The van der Waals surface area contributed by atoms with Gasteiger partial charge in [-0.15, -0.1) is 0 Å². The molecule has 0 N–H and O–H groups in total. The summed E-state index contributed by atoms with van der Waals surface area (Å²) in [7, 11) is 0. The van der Waals surface area contributed by atoms with Crippen molar-refractivity contribution >= 4 is 34.9 Å². The standard InChI is InChI=1S/C24H24N4O8/c1-12-5-7-16(8-6-12)20(32)18-19-23(26-10-25-18)28(11-27-19)24-22(35-15(4)31)21(34-14(3)30)17(36-24)9-33-13(2)29/h5-8,10-11,17,21-22,24H,9H2,1-4H3/t17-,21-,22-,24-/m1/s1. The zero-order chi connectivity index (χ0) is 26.0. The highest BCUT2D eigenvalue weighted by Crippen LogP contribution is 2.36. The van der Waals surface area contributed by atoms with Crippen LogP contribution in [0.25, 0.3) is 11.2 Å². The molecule has 0 saturated carbocycles. The maximum Gasteiger partial charge on any atom is 0.303 e. The average Bonchev–Trinajstić information content (AvgIpc) is 3.38. The maximum atomic E-state index is 13.1. The van der Waals surface area contributed by atoms with Crippen molar-refractivity contribution in [3.05, 3.63) is 53.7 Å². The molecule has 1 aliphatic rings. The van der Waals surface area contributed by atoms with Crippen molar-refractivity contribution in [2.75, 3.05) is 6.61 Å². The van der Waals surface area contributed by atoms with Gasteiger partial charge in [0.2, 0.25) is 5.78 Å². The fourth-order valence-corrected chi connectivity index (χ4v) is 3.96. The molecule has 1 fully saturated rings. The Bertz CT molecular complexity index is 1320. The van der Waals surface area contributed by atoms with Crippen LogP contribution in [0, 0.1) is 6.92 Å². The minimum atomic E-state index is -1.12. The average molecular weight is 496 g/mol. The number of carbonyl (C=O) groups is 4.